The number of benzene rings is 1. The Balaban J connectivity index is 1.54. The van der Waals surface area contributed by atoms with E-state index in [1.807, 2.05) is 54.2 Å². The van der Waals surface area contributed by atoms with E-state index < -0.39 is 0 Å². The molecular weight excluding hydrogens is 360 g/mol. The van der Waals surface area contributed by atoms with Crippen LogP contribution in [0.4, 0.5) is 0 Å². The zero-order valence-electron chi connectivity index (χ0n) is 15.2. The maximum absolute atomic E-state index is 12.6. The highest BCUT2D eigenvalue weighted by atomic mass is 35.5. The predicted octanol–water partition coefficient (Wildman–Crippen LogP) is 4.10. The monoisotopic (exact) mass is 380 g/mol. The van der Waals surface area contributed by atoms with Gasteiger partial charge < -0.3 is 5.32 Å². The van der Waals surface area contributed by atoms with Gasteiger partial charge in [0.1, 0.15) is 0 Å². The Morgan fingerprint density at radius 2 is 2.11 bits per heavy atom. The summed E-state index contributed by atoms with van der Waals surface area (Å²) in [4.78, 5) is 16.8. The number of aromatic nitrogens is 3. The highest BCUT2D eigenvalue weighted by molar-refractivity contribution is 6.31. The normalized spacial score (nSPS) is 16.0. The fourth-order valence-corrected chi connectivity index (χ4v) is 3.73. The van der Waals surface area contributed by atoms with Crippen molar-refractivity contribution in [3.63, 3.8) is 0 Å². The van der Waals surface area contributed by atoms with Crippen molar-refractivity contribution in [2.24, 2.45) is 0 Å². The Morgan fingerprint density at radius 3 is 2.89 bits per heavy atom. The number of carbonyl (C=O) groups is 1. The molecule has 0 saturated heterocycles. The lowest BCUT2D eigenvalue weighted by atomic mass is 9.92. The first-order chi connectivity index (χ1) is 13.1. The molecular formula is C21H21ClN4O. The number of fused-ring (bicyclic) bond motifs is 1. The molecule has 2 aromatic heterocycles. The van der Waals surface area contributed by atoms with Crippen molar-refractivity contribution in [2.75, 3.05) is 0 Å². The lowest BCUT2D eigenvalue weighted by molar-refractivity contribution is 0.0932. The Bertz CT molecular complexity index is 965. The van der Waals surface area contributed by atoms with Gasteiger partial charge in [0, 0.05) is 28.2 Å². The zero-order valence-corrected chi connectivity index (χ0v) is 15.9. The van der Waals surface area contributed by atoms with E-state index in [1.165, 1.54) is 5.69 Å². The van der Waals surface area contributed by atoms with Crippen LogP contribution in [0.2, 0.25) is 5.02 Å². The molecule has 1 aliphatic carbocycles. The third-order valence-electron chi connectivity index (χ3n) is 5.02. The molecule has 5 nitrogen and oxygen atoms in total. The number of nitrogens with zero attached hydrogens (tertiary/aromatic N) is 3. The molecule has 0 radical (unpaired) electrons. The van der Waals surface area contributed by atoms with Crippen LogP contribution in [0.3, 0.4) is 0 Å². The van der Waals surface area contributed by atoms with Gasteiger partial charge in [0.2, 0.25) is 0 Å². The van der Waals surface area contributed by atoms with E-state index >= 15 is 0 Å². The zero-order chi connectivity index (χ0) is 18.8. The molecule has 3 aromatic rings. The predicted molar refractivity (Wildman–Crippen MR) is 105 cm³/mol. The molecule has 2 heterocycles. The number of carbonyl (C=O) groups excluding carboxylic acids is 1. The minimum atomic E-state index is -0.0980. The molecule has 4 rings (SSSR count). The van der Waals surface area contributed by atoms with Crippen LogP contribution in [0, 0.1) is 6.92 Å². The molecule has 1 N–H and O–H groups in total. The molecule has 1 amide bonds. The lowest BCUT2D eigenvalue weighted by Crippen LogP contribution is -2.31. The third-order valence-corrected chi connectivity index (χ3v) is 5.39. The summed E-state index contributed by atoms with van der Waals surface area (Å²) in [7, 11) is 0. The number of nitrogens with one attached hydrogen (secondary N) is 1. The summed E-state index contributed by atoms with van der Waals surface area (Å²) >= 11 is 6.30. The number of pyridine rings is 1. The van der Waals surface area contributed by atoms with Gasteiger partial charge in [0.25, 0.3) is 5.91 Å². The van der Waals surface area contributed by atoms with Crippen LogP contribution in [-0.4, -0.2) is 20.7 Å². The maximum atomic E-state index is 12.6. The summed E-state index contributed by atoms with van der Waals surface area (Å²) in [5.74, 6) is -0.0980. The largest absolute Gasteiger partial charge is 0.345 e. The van der Waals surface area contributed by atoms with Gasteiger partial charge in [-0.15, -0.1) is 0 Å². The average molecular weight is 381 g/mol. The molecule has 1 atom stereocenters. The van der Waals surface area contributed by atoms with E-state index in [0.717, 1.165) is 41.1 Å². The third kappa shape index (κ3) is 3.74. The van der Waals surface area contributed by atoms with Crippen molar-refractivity contribution in [1.82, 2.24) is 20.1 Å². The van der Waals surface area contributed by atoms with Crippen LogP contribution in [0.15, 0.2) is 48.8 Å². The SMILES string of the molecule is Cc1ccc(C(=O)N[C@@H]2CCCc3c2cnn3Cc2ccccc2Cl)cn1. The van der Waals surface area contributed by atoms with Gasteiger partial charge in [-0.2, -0.15) is 5.10 Å². The fourth-order valence-electron chi connectivity index (χ4n) is 3.54. The van der Waals surface area contributed by atoms with Crippen molar-refractivity contribution < 1.29 is 4.79 Å². The molecule has 0 fully saturated rings. The van der Waals surface area contributed by atoms with Crippen LogP contribution in [0.5, 0.6) is 0 Å². The van der Waals surface area contributed by atoms with Crippen molar-refractivity contribution in [3.05, 3.63) is 81.9 Å². The Labute approximate surface area is 163 Å². The number of rotatable bonds is 4. The first-order valence-electron chi connectivity index (χ1n) is 9.13. The van der Waals surface area contributed by atoms with Crippen molar-refractivity contribution in [1.29, 1.82) is 0 Å². The quantitative estimate of drug-likeness (QED) is 0.741. The van der Waals surface area contributed by atoms with Gasteiger partial charge in [0.15, 0.2) is 0 Å². The number of halogens is 1. The first kappa shape index (κ1) is 17.7. The molecule has 1 aliphatic rings. The average Bonchev–Trinajstić information content (AvgIpc) is 3.08. The highest BCUT2D eigenvalue weighted by Crippen LogP contribution is 2.30. The fraction of sp³-hybridized carbons (Fsp3) is 0.286. The highest BCUT2D eigenvalue weighted by Gasteiger charge is 2.26. The van der Waals surface area contributed by atoms with Gasteiger partial charge in [-0.1, -0.05) is 29.8 Å². The molecule has 27 heavy (non-hydrogen) atoms. The van der Waals surface area contributed by atoms with Crippen LogP contribution in [0.25, 0.3) is 0 Å². The van der Waals surface area contributed by atoms with Gasteiger partial charge >= 0.3 is 0 Å². The van der Waals surface area contributed by atoms with Crippen LogP contribution in [0.1, 0.15) is 51.8 Å². The second-order valence-electron chi connectivity index (χ2n) is 6.90. The van der Waals surface area contributed by atoms with E-state index in [4.69, 9.17) is 11.6 Å². The van der Waals surface area contributed by atoms with E-state index in [0.29, 0.717) is 12.1 Å². The van der Waals surface area contributed by atoms with Gasteiger partial charge in [-0.3, -0.25) is 14.5 Å². The summed E-state index contributed by atoms with van der Waals surface area (Å²) in [5, 5.41) is 8.46. The summed E-state index contributed by atoms with van der Waals surface area (Å²) in [6.45, 7) is 2.54. The number of hydrogen-bond donors (Lipinski definition) is 1. The van der Waals surface area contributed by atoms with Gasteiger partial charge in [-0.25, -0.2) is 0 Å². The van der Waals surface area contributed by atoms with Crippen molar-refractivity contribution in [3.8, 4) is 0 Å². The van der Waals surface area contributed by atoms with E-state index in [2.05, 4.69) is 15.4 Å². The number of amides is 1. The molecule has 0 bridgehead atoms. The standard InChI is InChI=1S/C21H21ClN4O/c1-14-9-10-15(11-23-14)21(27)25-19-7-4-8-20-17(19)12-24-26(20)13-16-5-2-3-6-18(16)22/h2-3,5-6,9-12,19H,4,7-8,13H2,1H3,(H,25,27)/t19-/m1/s1. The Kier molecular flexibility index (Phi) is 4.94. The summed E-state index contributed by atoms with van der Waals surface area (Å²) in [5.41, 5.74) is 4.79. The Morgan fingerprint density at radius 1 is 1.26 bits per heavy atom. The van der Waals surface area contributed by atoms with E-state index in [-0.39, 0.29) is 11.9 Å². The summed E-state index contributed by atoms with van der Waals surface area (Å²) in [6, 6.07) is 11.5. The van der Waals surface area contributed by atoms with Crippen molar-refractivity contribution >= 4 is 17.5 Å². The van der Waals surface area contributed by atoms with Gasteiger partial charge in [-0.05, 0) is 49.9 Å². The molecule has 1 aromatic carbocycles. The molecule has 0 spiro atoms. The topological polar surface area (TPSA) is 59.8 Å². The second kappa shape index (κ2) is 7.53. The molecule has 0 saturated carbocycles. The number of aryl methyl sites for hydroxylation is 1. The van der Waals surface area contributed by atoms with E-state index in [1.54, 1.807) is 6.20 Å². The Hall–Kier alpha value is -2.66. The second-order valence-corrected chi connectivity index (χ2v) is 7.31. The summed E-state index contributed by atoms with van der Waals surface area (Å²) in [6.07, 6.45) is 6.38. The van der Waals surface area contributed by atoms with Gasteiger partial charge in [0.05, 0.1) is 24.3 Å². The molecule has 6 heteroatoms. The van der Waals surface area contributed by atoms with Crippen LogP contribution < -0.4 is 5.32 Å². The van der Waals surface area contributed by atoms with Crippen LogP contribution >= 0.6 is 11.6 Å². The van der Waals surface area contributed by atoms with E-state index in [9.17, 15) is 4.79 Å². The smallest absolute Gasteiger partial charge is 0.253 e. The lowest BCUT2D eigenvalue weighted by Gasteiger charge is -2.24. The summed E-state index contributed by atoms with van der Waals surface area (Å²) < 4.78 is 2.00. The minimum absolute atomic E-state index is 0.0254. The first-order valence-corrected chi connectivity index (χ1v) is 9.51. The van der Waals surface area contributed by atoms with Crippen molar-refractivity contribution in [2.45, 2.75) is 38.8 Å². The molecule has 138 valence electrons. The molecule has 0 aliphatic heterocycles. The minimum Gasteiger partial charge on any atom is -0.345 e. The maximum Gasteiger partial charge on any atom is 0.253 e. The van der Waals surface area contributed by atoms with Crippen LogP contribution in [-0.2, 0) is 13.0 Å². The molecule has 0 unspecified atom stereocenters. The number of hydrogen-bond acceptors (Lipinski definition) is 3.